The average Bonchev–Trinajstić information content (AvgIpc) is 2.84. The second-order valence-corrected chi connectivity index (χ2v) is 8.22. The Morgan fingerprint density at radius 2 is 1.71 bits per heavy atom. The molecule has 0 spiro atoms. The Morgan fingerprint density at radius 1 is 1.03 bits per heavy atom. The standard InChI is InChI=1S/C26H20BrNO6/c1-3-34-26(32)16-8-10-17(11-9-16)28-24(30)19-7-5-4-6-18(19)20(25(28)31)12-15-13-21(27)23(29)22(14-15)33-2/h4-14,29H,3H2,1-2H3/b20-12-. The van der Waals surface area contributed by atoms with E-state index in [1.54, 1.807) is 49.4 Å². The van der Waals surface area contributed by atoms with Crippen LogP contribution in [0.25, 0.3) is 11.6 Å². The molecule has 4 rings (SSSR count). The molecule has 0 bridgehead atoms. The summed E-state index contributed by atoms with van der Waals surface area (Å²) in [4.78, 5) is 39.9. The minimum Gasteiger partial charge on any atom is -0.503 e. The molecular formula is C26H20BrNO6. The first-order valence-corrected chi connectivity index (χ1v) is 11.2. The van der Waals surface area contributed by atoms with Crippen LogP contribution >= 0.6 is 15.9 Å². The summed E-state index contributed by atoms with van der Waals surface area (Å²) in [5.41, 5.74) is 2.40. The molecular weight excluding hydrogens is 502 g/mol. The summed E-state index contributed by atoms with van der Waals surface area (Å²) in [6.07, 6.45) is 1.64. The molecule has 34 heavy (non-hydrogen) atoms. The van der Waals surface area contributed by atoms with Gasteiger partial charge in [0.2, 0.25) is 0 Å². The highest BCUT2D eigenvalue weighted by Gasteiger charge is 2.35. The molecule has 0 unspecified atom stereocenters. The Morgan fingerprint density at radius 3 is 2.35 bits per heavy atom. The molecule has 0 atom stereocenters. The number of fused-ring (bicyclic) bond motifs is 1. The Kier molecular flexibility index (Phi) is 6.51. The van der Waals surface area contributed by atoms with Crippen LogP contribution in [0.3, 0.4) is 0 Å². The fourth-order valence-corrected chi connectivity index (χ4v) is 4.15. The minimum absolute atomic E-state index is 0.0569. The summed E-state index contributed by atoms with van der Waals surface area (Å²) in [6.45, 7) is 1.96. The van der Waals surface area contributed by atoms with Crippen LogP contribution in [-0.4, -0.2) is 36.6 Å². The number of amides is 2. The quantitative estimate of drug-likeness (QED) is 0.286. The first-order chi connectivity index (χ1) is 16.3. The predicted octanol–water partition coefficient (Wildman–Crippen LogP) is 5.07. The van der Waals surface area contributed by atoms with Crippen molar-refractivity contribution in [2.75, 3.05) is 18.6 Å². The first kappa shape index (κ1) is 23.3. The molecule has 1 heterocycles. The first-order valence-electron chi connectivity index (χ1n) is 10.4. The van der Waals surface area contributed by atoms with E-state index in [0.717, 1.165) is 4.90 Å². The molecule has 0 saturated carbocycles. The van der Waals surface area contributed by atoms with Crippen molar-refractivity contribution < 1.29 is 29.0 Å². The van der Waals surface area contributed by atoms with Gasteiger partial charge in [0.15, 0.2) is 11.5 Å². The number of carbonyl (C=O) groups excluding carboxylic acids is 3. The fraction of sp³-hybridized carbons (Fsp3) is 0.115. The van der Waals surface area contributed by atoms with Crippen LogP contribution in [0.15, 0.2) is 65.1 Å². The van der Waals surface area contributed by atoms with Crippen LogP contribution in [0.2, 0.25) is 0 Å². The van der Waals surface area contributed by atoms with E-state index >= 15 is 0 Å². The van der Waals surface area contributed by atoms with E-state index in [1.165, 1.54) is 31.4 Å². The van der Waals surface area contributed by atoms with E-state index in [1.807, 2.05) is 0 Å². The summed E-state index contributed by atoms with van der Waals surface area (Å²) >= 11 is 3.29. The number of imide groups is 1. The molecule has 1 aliphatic heterocycles. The smallest absolute Gasteiger partial charge is 0.338 e. The van der Waals surface area contributed by atoms with Crippen LogP contribution in [0.5, 0.6) is 11.5 Å². The van der Waals surface area contributed by atoms with Gasteiger partial charge < -0.3 is 14.6 Å². The number of carbonyl (C=O) groups is 3. The number of hydrogen-bond acceptors (Lipinski definition) is 6. The SMILES string of the molecule is CCOC(=O)c1ccc(N2C(=O)/C(=C\c3cc(Br)c(O)c(OC)c3)c3ccccc3C2=O)cc1. The van der Waals surface area contributed by atoms with Crippen LogP contribution in [0.4, 0.5) is 5.69 Å². The highest BCUT2D eigenvalue weighted by molar-refractivity contribution is 9.10. The van der Waals surface area contributed by atoms with E-state index in [4.69, 9.17) is 9.47 Å². The number of benzene rings is 3. The maximum absolute atomic E-state index is 13.6. The number of phenols is 1. The van der Waals surface area contributed by atoms with E-state index in [9.17, 15) is 19.5 Å². The molecule has 0 aliphatic carbocycles. The van der Waals surface area contributed by atoms with Gasteiger partial charge >= 0.3 is 5.97 Å². The number of rotatable bonds is 5. The number of methoxy groups -OCH3 is 1. The molecule has 1 N–H and O–H groups in total. The van der Waals surface area contributed by atoms with Gasteiger partial charge in [-0.15, -0.1) is 0 Å². The zero-order valence-corrected chi connectivity index (χ0v) is 20.0. The van der Waals surface area contributed by atoms with Crippen molar-refractivity contribution >= 4 is 51.1 Å². The molecule has 0 radical (unpaired) electrons. The Bertz CT molecular complexity index is 1330. The Labute approximate surface area is 204 Å². The number of nitrogens with zero attached hydrogens (tertiary/aromatic N) is 1. The molecule has 2 amide bonds. The lowest BCUT2D eigenvalue weighted by molar-refractivity contribution is -0.112. The van der Waals surface area contributed by atoms with Crippen LogP contribution in [-0.2, 0) is 9.53 Å². The maximum Gasteiger partial charge on any atom is 0.338 e. The van der Waals surface area contributed by atoms with Gasteiger partial charge in [0.05, 0.1) is 29.4 Å². The Hall–Kier alpha value is -3.91. The molecule has 7 nitrogen and oxygen atoms in total. The molecule has 172 valence electrons. The van der Waals surface area contributed by atoms with Crippen molar-refractivity contribution in [1.29, 1.82) is 0 Å². The monoisotopic (exact) mass is 521 g/mol. The number of ether oxygens (including phenoxy) is 2. The normalized spacial score (nSPS) is 14.2. The summed E-state index contributed by atoms with van der Waals surface area (Å²) in [5.74, 6) is -1.29. The molecule has 3 aromatic carbocycles. The zero-order chi connectivity index (χ0) is 24.4. The number of aromatic hydroxyl groups is 1. The van der Waals surface area contributed by atoms with Gasteiger partial charge in [0.1, 0.15) is 0 Å². The third kappa shape index (κ3) is 4.20. The van der Waals surface area contributed by atoms with Gasteiger partial charge in [-0.3, -0.25) is 9.59 Å². The molecule has 8 heteroatoms. The molecule has 0 fully saturated rings. The highest BCUT2D eigenvalue weighted by atomic mass is 79.9. The van der Waals surface area contributed by atoms with Gasteiger partial charge in [-0.2, -0.15) is 0 Å². The molecule has 1 aliphatic rings. The fourth-order valence-electron chi connectivity index (χ4n) is 3.69. The van der Waals surface area contributed by atoms with Crippen molar-refractivity contribution in [2.45, 2.75) is 6.92 Å². The van der Waals surface area contributed by atoms with Gasteiger partial charge in [-0.25, -0.2) is 9.69 Å². The number of anilines is 1. The van der Waals surface area contributed by atoms with Crippen molar-refractivity contribution in [1.82, 2.24) is 0 Å². The highest BCUT2D eigenvalue weighted by Crippen LogP contribution is 2.38. The average molecular weight is 522 g/mol. The minimum atomic E-state index is -0.518. The Balaban J connectivity index is 1.81. The van der Waals surface area contributed by atoms with Gasteiger partial charge in [-0.1, -0.05) is 18.2 Å². The van der Waals surface area contributed by atoms with E-state index in [-0.39, 0.29) is 18.1 Å². The maximum atomic E-state index is 13.6. The lowest BCUT2D eigenvalue weighted by Gasteiger charge is -2.28. The number of phenolic OH excluding ortho intramolecular Hbond substituents is 1. The van der Waals surface area contributed by atoms with Crippen molar-refractivity contribution in [3.8, 4) is 11.5 Å². The lowest BCUT2D eigenvalue weighted by Crippen LogP contribution is -2.41. The third-order valence-electron chi connectivity index (χ3n) is 5.30. The summed E-state index contributed by atoms with van der Waals surface area (Å²) in [5, 5.41) is 10.1. The van der Waals surface area contributed by atoms with Gasteiger partial charge in [0, 0.05) is 11.1 Å². The zero-order valence-electron chi connectivity index (χ0n) is 18.4. The molecule has 0 aromatic heterocycles. The topological polar surface area (TPSA) is 93.1 Å². The second kappa shape index (κ2) is 9.52. The van der Waals surface area contributed by atoms with Crippen molar-refractivity contribution in [3.05, 3.63) is 87.4 Å². The van der Waals surface area contributed by atoms with Crippen molar-refractivity contribution in [2.24, 2.45) is 0 Å². The van der Waals surface area contributed by atoms with Crippen molar-refractivity contribution in [3.63, 3.8) is 0 Å². The van der Waals surface area contributed by atoms with Crippen LogP contribution < -0.4 is 9.64 Å². The van der Waals surface area contributed by atoms with Gasteiger partial charge in [-0.05, 0) is 82.5 Å². The van der Waals surface area contributed by atoms with Gasteiger partial charge in [0.25, 0.3) is 11.8 Å². The summed E-state index contributed by atoms with van der Waals surface area (Å²) < 4.78 is 10.6. The number of hydrogen-bond donors (Lipinski definition) is 1. The largest absolute Gasteiger partial charge is 0.503 e. The number of halogens is 1. The number of esters is 1. The lowest BCUT2D eigenvalue weighted by atomic mass is 9.91. The predicted molar refractivity (Wildman–Crippen MR) is 131 cm³/mol. The van der Waals surface area contributed by atoms with Crippen LogP contribution in [0.1, 0.15) is 38.8 Å². The second-order valence-electron chi connectivity index (χ2n) is 7.37. The molecule has 0 saturated heterocycles. The summed E-state index contributed by atoms with van der Waals surface area (Å²) in [7, 11) is 1.43. The summed E-state index contributed by atoms with van der Waals surface area (Å²) in [6, 6.07) is 16.2. The van der Waals surface area contributed by atoms with E-state index in [0.29, 0.717) is 38.0 Å². The van der Waals surface area contributed by atoms with E-state index in [2.05, 4.69) is 15.9 Å². The van der Waals surface area contributed by atoms with E-state index < -0.39 is 17.8 Å². The van der Waals surface area contributed by atoms with Crippen LogP contribution in [0, 0.1) is 0 Å². The third-order valence-corrected chi connectivity index (χ3v) is 5.91. The molecule has 3 aromatic rings.